The van der Waals surface area contributed by atoms with Crippen LogP contribution in [0.2, 0.25) is 0 Å². The smallest absolute Gasteiger partial charge is 0.342 e. The maximum absolute atomic E-state index is 12.9. The fourth-order valence-corrected chi connectivity index (χ4v) is 4.23. The van der Waals surface area contributed by atoms with Gasteiger partial charge in [-0.05, 0) is 50.0 Å². The molecule has 0 radical (unpaired) electrons. The molecule has 2 atom stereocenters. The predicted molar refractivity (Wildman–Crippen MR) is 132 cm³/mol. The normalized spacial score (nSPS) is 16.8. The molecular weight excluding hydrogens is 432 g/mol. The Morgan fingerprint density at radius 1 is 1.12 bits per heavy atom. The summed E-state index contributed by atoms with van der Waals surface area (Å²) >= 11 is 0. The lowest BCUT2D eigenvalue weighted by Crippen LogP contribution is -2.20. The monoisotopic (exact) mass is 464 g/mol. The first-order valence-electron chi connectivity index (χ1n) is 11.8. The third-order valence-electron chi connectivity index (χ3n) is 6.25. The van der Waals surface area contributed by atoms with Crippen molar-refractivity contribution in [2.24, 2.45) is 0 Å². The first kappa shape index (κ1) is 23.9. The Labute approximate surface area is 201 Å². The van der Waals surface area contributed by atoms with Gasteiger partial charge in [-0.25, -0.2) is 4.79 Å². The molecule has 0 saturated heterocycles. The first-order valence-corrected chi connectivity index (χ1v) is 11.8. The molecule has 0 bridgehead atoms. The van der Waals surface area contributed by atoms with Gasteiger partial charge in [-0.1, -0.05) is 37.3 Å². The fourth-order valence-electron chi connectivity index (χ4n) is 4.23. The Morgan fingerprint density at radius 3 is 2.62 bits per heavy atom. The van der Waals surface area contributed by atoms with Crippen LogP contribution in [0.3, 0.4) is 0 Å². The molecule has 0 fully saturated rings. The number of esters is 1. The molecule has 0 amide bonds. The number of fused-ring (bicyclic) bond motifs is 3. The van der Waals surface area contributed by atoms with Gasteiger partial charge in [-0.3, -0.25) is 0 Å². The topological polar surface area (TPSA) is 63.2 Å². The highest BCUT2D eigenvalue weighted by atomic mass is 16.5. The van der Waals surface area contributed by atoms with Crippen molar-refractivity contribution in [3.63, 3.8) is 0 Å². The van der Waals surface area contributed by atoms with Gasteiger partial charge in [0.1, 0.15) is 35.5 Å². The van der Waals surface area contributed by atoms with Crippen LogP contribution in [-0.4, -0.2) is 39.5 Å². The molecule has 4 rings (SSSR count). The Balaban J connectivity index is 1.72. The van der Waals surface area contributed by atoms with E-state index in [1.807, 2.05) is 43.3 Å². The zero-order valence-electron chi connectivity index (χ0n) is 20.3. The minimum atomic E-state index is -0.442. The van der Waals surface area contributed by atoms with E-state index >= 15 is 0 Å². The average molecular weight is 465 g/mol. The minimum Gasteiger partial charge on any atom is -0.497 e. The van der Waals surface area contributed by atoms with Gasteiger partial charge in [-0.2, -0.15) is 0 Å². The quantitative estimate of drug-likeness (QED) is 0.346. The van der Waals surface area contributed by atoms with Crippen LogP contribution in [0.25, 0.3) is 12.2 Å². The Hall–Kier alpha value is -3.25. The number of hydrogen-bond donors (Lipinski definition) is 0. The molecule has 2 aliphatic rings. The van der Waals surface area contributed by atoms with E-state index in [0.717, 1.165) is 41.7 Å². The third-order valence-corrected chi connectivity index (χ3v) is 6.25. The van der Waals surface area contributed by atoms with Gasteiger partial charge < -0.3 is 23.7 Å². The number of carbonyl (C=O) groups is 1. The molecule has 2 aromatic carbocycles. The molecule has 0 spiro atoms. The van der Waals surface area contributed by atoms with E-state index in [-0.39, 0.29) is 12.2 Å². The number of rotatable bonds is 9. The van der Waals surface area contributed by atoms with Crippen LogP contribution in [0.15, 0.2) is 36.4 Å². The largest absolute Gasteiger partial charge is 0.497 e. The molecule has 0 saturated carbocycles. The van der Waals surface area contributed by atoms with Crippen LogP contribution in [0, 0.1) is 0 Å². The van der Waals surface area contributed by atoms with Gasteiger partial charge in [0.2, 0.25) is 0 Å². The molecule has 34 heavy (non-hydrogen) atoms. The summed E-state index contributed by atoms with van der Waals surface area (Å²) in [6.07, 6.45) is 10.5. The molecule has 6 heteroatoms. The van der Waals surface area contributed by atoms with E-state index in [0.29, 0.717) is 35.8 Å². The second kappa shape index (κ2) is 10.8. The van der Waals surface area contributed by atoms with Gasteiger partial charge in [0.05, 0.1) is 26.9 Å². The van der Waals surface area contributed by atoms with Crippen molar-refractivity contribution in [1.29, 1.82) is 0 Å². The van der Waals surface area contributed by atoms with Gasteiger partial charge in [0.25, 0.3) is 0 Å². The van der Waals surface area contributed by atoms with E-state index in [1.54, 1.807) is 7.11 Å². The number of hydrogen-bond acceptors (Lipinski definition) is 6. The summed E-state index contributed by atoms with van der Waals surface area (Å²) in [5, 5.41) is 0. The Kier molecular flexibility index (Phi) is 7.58. The van der Waals surface area contributed by atoms with Gasteiger partial charge in [-0.15, -0.1) is 0 Å². The molecule has 1 aliphatic carbocycles. The van der Waals surface area contributed by atoms with Crippen LogP contribution < -0.4 is 14.2 Å². The molecule has 1 heterocycles. The molecule has 0 N–H and O–H groups in total. The highest BCUT2D eigenvalue weighted by Crippen LogP contribution is 2.46. The summed E-state index contributed by atoms with van der Waals surface area (Å²) in [7, 11) is 3.03. The first-order chi connectivity index (χ1) is 16.6. The van der Waals surface area contributed by atoms with Gasteiger partial charge in [0, 0.05) is 16.7 Å². The molecule has 2 unspecified atom stereocenters. The van der Waals surface area contributed by atoms with E-state index < -0.39 is 5.97 Å². The number of ether oxygens (including phenoxy) is 5. The zero-order valence-corrected chi connectivity index (χ0v) is 20.3. The van der Waals surface area contributed by atoms with Crippen LogP contribution in [0.5, 0.6) is 17.2 Å². The zero-order chi connectivity index (χ0) is 24.1. The summed E-state index contributed by atoms with van der Waals surface area (Å²) in [4.78, 5) is 12.9. The highest BCUT2D eigenvalue weighted by Gasteiger charge is 2.32. The number of carbonyl (C=O) groups excluding carboxylic acids is 1. The summed E-state index contributed by atoms with van der Waals surface area (Å²) in [6.45, 7) is 4.91. The highest BCUT2D eigenvalue weighted by molar-refractivity contribution is 6.00. The lowest BCUT2D eigenvalue weighted by molar-refractivity contribution is 0.0413. The van der Waals surface area contributed by atoms with E-state index in [4.69, 9.17) is 23.7 Å². The summed E-state index contributed by atoms with van der Waals surface area (Å²) < 4.78 is 28.9. The van der Waals surface area contributed by atoms with Gasteiger partial charge in [0.15, 0.2) is 0 Å². The number of methoxy groups -OCH3 is 2. The van der Waals surface area contributed by atoms with E-state index in [1.165, 1.54) is 7.11 Å². The second-order valence-corrected chi connectivity index (χ2v) is 8.38. The van der Waals surface area contributed by atoms with E-state index in [9.17, 15) is 4.79 Å². The number of benzene rings is 2. The molecule has 1 aliphatic heterocycles. The van der Waals surface area contributed by atoms with Crippen molar-refractivity contribution >= 4 is 18.1 Å². The van der Waals surface area contributed by atoms with Crippen LogP contribution >= 0.6 is 0 Å². The molecule has 6 nitrogen and oxygen atoms in total. The summed E-state index contributed by atoms with van der Waals surface area (Å²) in [5.41, 5.74) is 4.00. The minimum absolute atomic E-state index is 0.162. The maximum Gasteiger partial charge on any atom is 0.342 e. The standard InChI is InChI=1S/C28H32O6/c1-5-18(2)32-16-17-33-27-22-9-7-6-8-21(22)26-23(25(27)28(29)31-4)14-15-24(34-26)19-10-12-20(30-3)13-11-19/h6,8,10-15,18,24H,5,7,9,16-17H2,1-4H3. The third kappa shape index (κ3) is 4.82. The second-order valence-electron chi connectivity index (χ2n) is 8.38. The van der Waals surface area contributed by atoms with Crippen molar-refractivity contribution in [3.8, 4) is 17.2 Å². The predicted octanol–water partition coefficient (Wildman–Crippen LogP) is 5.78. The SMILES string of the molecule is CCC(C)OCCOc1c2c(c3c(c1C(=O)OC)C=CC(c1ccc(OC)cc1)O3)C=CCC2. The maximum atomic E-state index is 12.9. The van der Waals surface area contributed by atoms with Crippen molar-refractivity contribution < 1.29 is 28.5 Å². The molecule has 2 aromatic rings. The van der Waals surface area contributed by atoms with Crippen molar-refractivity contribution in [3.05, 3.63) is 64.2 Å². The Morgan fingerprint density at radius 2 is 1.91 bits per heavy atom. The molecular formula is C28H32O6. The fraction of sp³-hybridized carbons (Fsp3) is 0.393. The van der Waals surface area contributed by atoms with Crippen LogP contribution in [-0.2, 0) is 15.9 Å². The average Bonchev–Trinajstić information content (AvgIpc) is 2.90. The van der Waals surface area contributed by atoms with Crippen LogP contribution in [0.1, 0.15) is 65.4 Å². The molecule has 180 valence electrons. The Bertz CT molecular complexity index is 1080. The lowest BCUT2D eigenvalue weighted by atomic mass is 9.88. The lowest BCUT2D eigenvalue weighted by Gasteiger charge is -2.29. The summed E-state index contributed by atoms with van der Waals surface area (Å²) in [5.74, 6) is 1.59. The van der Waals surface area contributed by atoms with Gasteiger partial charge >= 0.3 is 5.97 Å². The molecule has 0 aromatic heterocycles. The summed E-state index contributed by atoms with van der Waals surface area (Å²) in [6, 6.07) is 7.79. The number of allylic oxidation sites excluding steroid dienone is 1. The van der Waals surface area contributed by atoms with E-state index in [2.05, 4.69) is 19.1 Å². The van der Waals surface area contributed by atoms with Crippen LogP contribution in [0.4, 0.5) is 0 Å². The van der Waals surface area contributed by atoms with Crippen molar-refractivity contribution in [2.75, 3.05) is 27.4 Å². The van der Waals surface area contributed by atoms with Crippen molar-refractivity contribution in [2.45, 2.75) is 45.3 Å². The van der Waals surface area contributed by atoms with Crippen molar-refractivity contribution in [1.82, 2.24) is 0 Å².